The Hall–Kier alpha value is -3.03. The molecule has 28 heavy (non-hydrogen) atoms. The summed E-state index contributed by atoms with van der Waals surface area (Å²) >= 11 is 0. The first-order valence-electron chi connectivity index (χ1n) is 9.27. The van der Waals surface area contributed by atoms with Crippen LogP contribution in [0, 0.1) is 6.92 Å². The lowest BCUT2D eigenvalue weighted by Gasteiger charge is -2.24. The van der Waals surface area contributed by atoms with Crippen molar-refractivity contribution in [2.75, 3.05) is 16.8 Å². The maximum atomic E-state index is 12.7. The van der Waals surface area contributed by atoms with Crippen molar-refractivity contribution in [2.24, 2.45) is 0 Å². The van der Waals surface area contributed by atoms with Crippen LogP contribution in [0.2, 0.25) is 0 Å². The zero-order chi connectivity index (χ0) is 20.7. The molecule has 0 aliphatic carbocycles. The van der Waals surface area contributed by atoms with Gasteiger partial charge in [-0.3, -0.25) is 10.2 Å². The second-order valence-electron chi connectivity index (χ2n) is 7.02. The predicted octanol–water partition coefficient (Wildman–Crippen LogP) is 4.45. The summed E-state index contributed by atoms with van der Waals surface area (Å²) < 4.78 is 10.5. The second kappa shape index (κ2) is 9.25. The molecular formula is C20H27N3O5. The molecule has 1 aromatic heterocycles. The molecule has 8 heteroatoms. The molecular weight excluding hydrogens is 362 g/mol. The summed E-state index contributed by atoms with van der Waals surface area (Å²) in [5.41, 5.74) is -0.667. The monoisotopic (exact) mass is 389 g/mol. The molecule has 0 aliphatic rings. The quantitative estimate of drug-likeness (QED) is 0.614. The summed E-state index contributed by atoms with van der Waals surface area (Å²) in [5, 5.41) is 15.7. The summed E-state index contributed by atoms with van der Waals surface area (Å²) in [7, 11) is 0. The van der Waals surface area contributed by atoms with E-state index in [4.69, 9.17) is 9.26 Å². The number of carboxylic acid groups (broad SMARTS) is 1. The van der Waals surface area contributed by atoms with Gasteiger partial charge in [0.05, 0.1) is 0 Å². The molecule has 2 rings (SSSR count). The molecule has 1 heterocycles. The fraction of sp³-hybridized carbons (Fsp3) is 0.450. The molecule has 1 aromatic carbocycles. The summed E-state index contributed by atoms with van der Waals surface area (Å²) in [4.78, 5) is 25.6. The minimum atomic E-state index is -1.34. The zero-order valence-corrected chi connectivity index (χ0v) is 16.7. The summed E-state index contributed by atoms with van der Waals surface area (Å²) in [6.45, 7) is 7.34. The number of carbonyl (C=O) groups is 2. The Morgan fingerprint density at radius 1 is 1.25 bits per heavy atom. The fourth-order valence-electron chi connectivity index (χ4n) is 2.50. The van der Waals surface area contributed by atoms with Gasteiger partial charge in [-0.15, -0.1) is 0 Å². The molecule has 152 valence electrons. The summed E-state index contributed by atoms with van der Waals surface area (Å²) in [5.74, 6) is 0.318. The molecule has 0 spiro atoms. The second-order valence-corrected chi connectivity index (χ2v) is 7.02. The maximum Gasteiger partial charge on any atom is 0.347 e. The van der Waals surface area contributed by atoms with Crippen molar-refractivity contribution in [3.63, 3.8) is 0 Å². The van der Waals surface area contributed by atoms with E-state index < -0.39 is 11.6 Å². The van der Waals surface area contributed by atoms with Crippen molar-refractivity contribution >= 4 is 23.5 Å². The van der Waals surface area contributed by atoms with Crippen LogP contribution in [0.1, 0.15) is 45.8 Å². The van der Waals surface area contributed by atoms with Crippen LogP contribution in [0.5, 0.6) is 5.75 Å². The van der Waals surface area contributed by atoms with Gasteiger partial charge >= 0.3 is 12.0 Å². The number of amides is 2. The van der Waals surface area contributed by atoms with Crippen LogP contribution in [0.4, 0.5) is 16.3 Å². The van der Waals surface area contributed by atoms with Crippen molar-refractivity contribution in [1.82, 2.24) is 5.16 Å². The van der Waals surface area contributed by atoms with Crippen molar-refractivity contribution in [3.05, 3.63) is 36.1 Å². The van der Waals surface area contributed by atoms with Gasteiger partial charge in [0.25, 0.3) is 0 Å². The number of aliphatic carboxylic acids is 1. The molecule has 2 amide bonds. The van der Waals surface area contributed by atoms with Crippen molar-refractivity contribution in [1.29, 1.82) is 0 Å². The SMILES string of the molecule is CCCCCN(C(=O)Nc1cc(C)on1)c1ccc(OC(C)(C)C(=O)O)cc1. The van der Waals surface area contributed by atoms with Gasteiger partial charge in [0, 0.05) is 18.3 Å². The Morgan fingerprint density at radius 2 is 1.93 bits per heavy atom. The molecule has 0 radical (unpaired) electrons. The summed E-state index contributed by atoms with van der Waals surface area (Å²) in [6.07, 6.45) is 2.89. The highest BCUT2D eigenvalue weighted by Crippen LogP contribution is 2.24. The van der Waals surface area contributed by atoms with E-state index in [0.29, 0.717) is 29.6 Å². The van der Waals surface area contributed by atoms with E-state index in [2.05, 4.69) is 17.4 Å². The number of hydrogen-bond donors (Lipinski definition) is 2. The standard InChI is InChI=1S/C20H27N3O5/c1-5-6-7-12-23(19(26)21-17-13-14(2)28-22-17)15-8-10-16(11-9-15)27-20(3,4)18(24)25/h8-11,13H,5-7,12H2,1-4H3,(H,24,25)(H,21,22,26). The molecule has 2 aromatic rings. The van der Waals surface area contributed by atoms with Crippen molar-refractivity contribution < 1.29 is 24.0 Å². The number of carboxylic acids is 1. The molecule has 0 unspecified atom stereocenters. The van der Waals surface area contributed by atoms with E-state index in [0.717, 1.165) is 19.3 Å². The lowest BCUT2D eigenvalue weighted by atomic mass is 10.1. The van der Waals surface area contributed by atoms with E-state index in [1.165, 1.54) is 13.8 Å². The van der Waals surface area contributed by atoms with Crippen LogP contribution < -0.4 is 15.0 Å². The van der Waals surface area contributed by atoms with Crippen LogP contribution in [0.25, 0.3) is 0 Å². The van der Waals surface area contributed by atoms with Gasteiger partial charge in [-0.05, 0) is 51.5 Å². The topological polar surface area (TPSA) is 105 Å². The third-order valence-corrected chi connectivity index (χ3v) is 4.13. The third-order valence-electron chi connectivity index (χ3n) is 4.13. The first kappa shape index (κ1) is 21.3. The number of aromatic nitrogens is 1. The molecule has 0 fully saturated rings. The number of benzene rings is 1. The molecule has 0 bridgehead atoms. The van der Waals surface area contributed by atoms with Crippen LogP contribution >= 0.6 is 0 Å². The highest BCUT2D eigenvalue weighted by Gasteiger charge is 2.29. The minimum Gasteiger partial charge on any atom is -0.478 e. The number of ether oxygens (including phenoxy) is 1. The van der Waals surface area contributed by atoms with Crippen molar-refractivity contribution in [2.45, 2.75) is 52.6 Å². The Bertz CT molecular complexity index is 798. The Kier molecular flexibility index (Phi) is 7.03. The molecule has 0 saturated carbocycles. The Morgan fingerprint density at radius 3 is 2.46 bits per heavy atom. The smallest absolute Gasteiger partial charge is 0.347 e. The normalized spacial score (nSPS) is 11.1. The molecule has 0 aliphatic heterocycles. The van der Waals surface area contributed by atoms with Gasteiger partial charge in [-0.1, -0.05) is 24.9 Å². The van der Waals surface area contributed by atoms with Gasteiger partial charge in [0.1, 0.15) is 11.5 Å². The highest BCUT2D eigenvalue weighted by molar-refractivity contribution is 6.01. The molecule has 2 N–H and O–H groups in total. The van der Waals surface area contributed by atoms with Crippen LogP contribution in [-0.4, -0.2) is 34.4 Å². The number of unbranched alkanes of at least 4 members (excludes halogenated alkanes) is 2. The Labute approximate surface area is 164 Å². The largest absolute Gasteiger partial charge is 0.478 e. The number of nitrogens with one attached hydrogen (secondary N) is 1. The fourth-order valence-corrected chi connectivity index (χ4v) is 2.50. The number of carbonyl (C=O) groups excluding carboxylic acids is 1. The zero-order valence-electron chi connectivity index (χ0n) is 16.7. The van der Waals surface area contributed by atoms with E-state index in [9.17, 15) is 14.7 Å². The number of urea groups is 1. The van der Waals surface area contributed by atoms with E-state index in [1.807, 2.05) is 0 Å². The Balaban J connectivity index is 2.15. The molecule has 8 nitrogen and oxygen atoms in total. The summed E-state index contributed by atoms with van der Waals surface area (Å²) in [6, 6.07) is 8.09. The van der Waals surface area contributed by atoms with Gasteiger partial charge in [-0.2, -0.15) is 0 Å². The van der Waals surface area contributed by atoms with Crippen LogP contribution in [0.15, 0.2) is 34.9 Å². The average Bonchev–Trinajstić information content (AvgIpc) is 3.04. The van der Waals surface area contributed by atoms with Gasteiger partial charge in [0.2, 0.25) is 0 Å². The van der Waals surface area contributed by atoms with Crippen LogP contribution in [0.3, 0.4) is 0 Å². The van der Waals surface area contributed by atoms with E-state index in [-0.39, 0.29) is 6.03 Å². The molecule has 0 atom stereocenters. The van der Waals surface area contributed by atoms with E-state index >= 15 is 0 Å². The van der Waals surface area contributed by atoms with Crippen molar-refractivity contribution in [3.8, 4) is 5.75 Å². The number of aryl methyl sites for hydroxylation is 1. The third kappa shape index (κ3) is 5.73. The van der Waals surface area contributed by atoms with Gasteiger partial charge < -0.3 is 14.4 Å². The van der Waals surface area contributed by atoms with E-state index in [1.54, 1.807) is 42.2 Å². The number of anilines is 2. The first-order valence-corrected chi connectivity index (χ1v) is 9.27. The predicted molar refractivity (Wildman–Crippen MR) is 106 cm³/mol. The lowest BCUT2D eigenvalue weighted by Crippen LogP contribution is -2.38. The first-order chi connectivity index (χ1) is 13.2. The minimum absolute atomic E-state index is 0.316. The maximum absolute atomic E-state index is 12.7. The lowest BCUT2D eigenvalue weighted by molar-refractivity contribution is -0.152. The van der Waals surface area contributed by atoms with Gasteiger partial charge in [-0.25, -0.2) is 9.59 Å². The number of nitrogens with zero attached hydrogens (tertiary/aromatic N) is 2. The highest BCUT2D eigenvalue weighted by atomic mass is 16.5. The number of hydrogen-bond acceptors (Lipinski definition) is 5. The molecule has 0 saturated heterocycles. The van der Waals surface area contributed by atoms with Gasteiger partial charge in [0.15, 0.2) is 11.4 Å². The van der Waals surface area contributed by atoms with Crippen LogP contribution in [-0.2, 0) is 4.79 Å². The number of rotatable bonds is 9. The average molecular weight is 389 g/mol.